The normalized spacial score (nSPS) is 17.6. The molecular weight excluding hydrogens is 276 g/mol. The van der Waals surface area contributed by atoms with Crippen LogP contribution in [0.3, 0.4) is 0 Å². The van der Waals surface area contributed by atoms with E-state index < -0.39 is 5.60 Å². The van der Waals surface area contributed by atoms with Crippen molar-refractivity contribution in [1.82, 2.24) is 10.6 Å². The van der Waals surface area contributed by atoms with Gasteiger partial charge in [0.1, 0.15) is 5.60 Å². The molecule has 0 aromatic heterocycles. The lowest BCUT2D eigenvalue weighted by atomic mass is 10.1. The van der Waals surface area contributed by atoms with Crippen molar-refractivity contribution in [2.45, 2.75) is 58.2 Å². The summed E-state index contributed by atoms with van der Waals surface area (Å²) in [5.41, 5.74) is 0.814. The number of carbonyl (C=O) groups is 1. The van der Waals surface area contributed by atoms with E-state index >= 15 is 0 Å². The molecule has 4 nitrogen and oxygen atoms in total. The minimum Gasteiger partial charge on any atom is -0.444 e. The van der Waals surface area contributed by atoms with Gasteiger partial charge in [-0.3, -0.25) is 0 Å². The van der Waals surface area contributed by atoms with Crippen LogP contribution in [0.4, 0.5) is 4.79 Å². The van der Waals surface area contributed by atoms with E-state index in [4.69, 9.17) is 4.74 Å². The topological polar surface area (TPSA) is 50.4 Å². The fourth-order valence-electron chi connectivity index (χ4n) is 2.53. The molecule has 0 unspecified atom stereocenters. The molecule has 122 valence electrons. The first-order valence-corrected chi connectivity index (χ1v) is 8.13. The quantitative estimate of drug-likeness (QED) is 0.843. The molecule has 2 rings (SSSR count). The Bertz CT molecular complexity index is 478. The van der Waals surface area contributed by atoms with Crippen LogP contribution in [0.25, 0.3) is 0 Å². The van der Waals surface area contributed by atoms with Gasteiger partial charge in [0.25, 0.3) is 0 Å². The lowest BCUT2D eigenvalue weighted by Crippen LogP contribution is -2.44. The Labute approximate surface area is 133 Å². The smallest absolute Gasteiger partial charge is 0.407 e. The molecule has 1 aliphatic carbocycles. The van der Waals surface area contributed by atoms with Gasteiger partial charge in [-0.05, 0) is 52.0 Å². The molecule has 22 heavy (non-hydrogen) atoms. The second kappa shape index (κ2) is 7.14. The minimum atomic E-state index is -0.454. The Kier molecular flexibility index (Phi) is 5.46. The van der Waals surface area contributed by atoms with Gasteiger partial charge in [0.2, 0.25) is 0 Å². The molecule has 0 heterocycles. The largest absolute Gasteiger partial charge is 0.444 e. The summed E-state index contributed by atoms with van der Waals surface area (Å²) in [6.07, 6.45) is 2.12. The number of rotatable bonds is 6. The SMILES string of the molecule is C[C@@H](N[C@H](CNC(=O)OC(C)(C)C)C1CC1)c1ccccc1. The molecule has 0 aliphatic heterocycles. The number of amides is 1. The summed E-state index contributed by atoms with van der Waals surface area (Å²) in [6, 6.07) is 11.0. The predicted molar refractivity (Wildman–Crippen MR) is 88.7 cm³/mol. The van der Waals surface area contributed by atoms with E-state index in [-0.39, 0.29) is 12.1 Å². The zero-order chi connectivity index (χ0) is 16.2. The zero-order valence-corrected chi connectivity index (χ0v) is 14.1. The fraction of sp³-hybridized carbons (Fsp3) is 0.611. The summed E-state index contributed by atoms with van der Waals surface area (Å²) in [4.78, 5) is 11.8. The third kappa shape index (κ3) is 5.68. The van der Waals surface area contributed by atoms with Gasteiger partial charge < -0.3 is 15.4 Å². The van der Waals surface area contributed by atoms with E-state index in [1.807, 2.05) is 26.8 Å². The maximum Gasteiger partial charge on any atom is 0.407 e. The van der Waals surface area contributed by atoms with Gasteiger partial charge in [-0.25, -0.2) is 4.79 Å². The molecular formula is C18H28N2O2. The molecule has 0 spiro atoms. The van der Waals surface area contributed by atoms with Gasteiger partial charge in [-0.15, -0.1) is 0 Å². The number of alkyl carbamates (subject to hydrolysis) is 1. The number of hydrogen-bond acceptors (Lipinski definition) is 3. The number of hydrogen-bond donors (Lipinski definition) is 2. The Morgan fingerprint density at radius 3 is 2.45 bits per heavy atom. The lowest BCUT2D eigenvalue weighted by Gasteiger charge is -2.25. The van der Waals surface area contributed by atoms with E-state index in [2.05, 4.69) is 41.8 Å². The Morgan fingerprint density at radius 1 is 1.27 bits per heavy atom. The monoisotopic (exact) mass is 304 g/mol. The Hall–Kier alpha value is -1.55. The third-order valence-electron chi connectivity index (χ3n) is 3.82. The van der Waals surface area contributed by atoms with Crippen molar-refractivity contribution in [3.05, 3.63) is 35.9 Å². The van der Waals surface area contributed by atoms with Crippen molar-refractivity contribution in [2.75, 3.05) is 6.54 Å². The van der Waals surface area contributed by atoms with Crippen LogP contribution in [0.15, 0.2) is 30.3 Å². The zero-order valence-electron chi connectivity index (χ0n) is 14.1. The summed E-state index contributed by atoms with van der Waals surface area (Å²) >= 11 is 0. The molecule has 1 amide bonds. The van der Waals surface area contributed by atoms with Crippen LogP contribution in [0, 0.1) is 5.92 Å². The molecule has 2 atom stereocenters. The molecule has 4 heteroatoms. The van der Waals surface area contributed by atoms with Crippen molar-refractivity contribution in [1.29, 1.82) is 0 Å². The Morgan fingerprint density at radius 2 is 1.91 bits per heavy atom. The van der Waals surface area contributed by atoms with E-state index in [1.165, 1.54) is 18.4 Å². The Balaban J connectivity index is 1.84. The van der Waals surface area contributed by atoms with Crippen LogP contribution in [0.5, 0.6) is 0 Å². The van der Waals surface area contributed by atoms with E-state index in [9.17, 15) is 4.79 Å². The summed E-state index contributed by atoms with van der Waals surface area (Å²) in [6.45, 7) is 8.40. The molecule has 1 aliphatic rings. The van der Waals surface area contributed by atoms with Crippen molar-refractivity contribution in [2.24, 2.45) is 5.92 Å². The fourth-order valence-corrected chi connectivity index (χ4v) is 2.53. The minimum absolute atomic E-state index is 0.271. The molecule has 1 saturated carbocycles. The lowest BCUT2D eigenvalue weighted by molar-refractivity contribution is 0.0520. The molecule has 1 aromatic carbocycles. The van der Waals surface area contributed by atoms with Crippen molar-refractivity contribution in [3.63, 3.8) is 0 Å². The van der Waals surface area contributed by atoms with Crippen molar-refractivity contribution in [3.8, 4) is 0 Å². The summed E-state index contributed by atoms with van der Waals surface area (Å²) in [5.74, 6) is 0.654. The van der Waals surface area contributed by atoms with Gasteiger partial charge in [-0.2, -0.15) is 0 Å². The standard InChI is InChI=1S/C18H28N2O2/c1-13(14-8-6-5-7-9-14)20-16(15-10-11-15)12-19-17(21)22-18(2,3)4/h5-9,13,15-16,20H,10-12H2,1-4H3,(H,19,21)/t13-,16-/m1/s1. The van der Waals surface area contributed by atoms with Crippen LogP contribution in [0.1, 0.15) is 52.1 Å². The number of nitrogens with one attached hydrogen (secondary N) is 2. The average molecular weight is 304 g/mol. The highest BCUT2D eigenvalue weighted by Gasteiger charge is 2.32. The first-order chi connectivity index (χ1) is 10.3. The second-order valence-corrected chi connectivity index (χ2v) is 7.13. The van der Waals surface area contributed by atoms with Crippen molar-refractivity contribution < 1.29 is 9.53 Å². The maximum absolute atomic E-state index is 11.8. The van der Waals surface area contributed by atoms with Gasteiger partial charge in [0.15, 0.2) is 0 Å². The molecule has 2 N–H and O–H groups in total. The predicted octanol–water partition coefficient (Wildman–Crippen LogP) is 3.64. The molecule has 0 saturated heterocycles. The van der Waals surface area contributed by atoms with Crippen LogP contribution in [-0.4, -0.2) is 24.3 Å². The molecule has 0 bridgehead atoms. The van der Waals surface area contributed by atoms with E-state index in [1.54, 1.807) is 0 Å². The van der Waals surface area contributed by atoms with Crippen LogP contribution >= 0.6 is 0 Å². The summed E-state index contributed by atoms with van der Waals surface area (Å²) < 4.78 is 5.30. The van der Waals surface area contributed by atoms with Gasteiger partial charge in [0, 0.05) is 18.6 Å². The summed E-state index contributed by atoms with van der Waals surface area (Å²) in [5, 5.41) is 6.54. The van der Waals surface area contributed by atoms with Crippen LogP contribution in [-0.2, 0) is 4.74 Å². The number of benzene rings is 1. The van der Waals surface area contributed by atoms with Gasteiger partial charge in [0.05, 0.1) is 0 Å². The maximum atomic E-state index is 11.8. The van der Waals surface area contributed by atoms with Gasteiger partial charge in [-0.1, -0.05) is 30.3 Å². The molecule has 0 radical (unpaired) electrons. The number of carbonyl (C=O) groups excluding carboxylic acids is 1. The first-order valence-electron chi connectivity index (χ1n) is 8.13. The van der Waals surface area contributed by atoms with Gasteiger partial charge >= 0.3 is 6.09 Å². The van der Waals surface area contributed by atoms with E-state index in [0.29, 0.717) is 18.5 Å². The highest BCUT2D eigenvalue weighted by molar-refractivity contribution is 5.67. The summed E-state index contributed by atoms with van der Waals surface area (Å²) in [7, 11) is 0. The molecule has 1 aromatic rings. The number of ether oxygens (including phenoxy) is 1. The highest BCUT2D eigenvalue weighted by Crippen LogP contribution is 2.33. The van der Waals surface area contributed by atoms with Crippen LogP contribution < -0.4 is 10.6 Å². The van der Waals surface area contributed by atoms with E-state index in [0.717, 1.165) is 0 Å². The average Bonchev–Trinajstić information content (AvgIpc) is 3.26. The highest BCUT2D eigenvalue weighted by atomic mass is 16.6. The first kappa shape index (κ1) is 16.8. The van der Waals surface area contributed by atoms with Crippen molar-refractivity contribution >= 4 is 6.09 Å². The van der Waals surface area contributed by atoms with Crippen LogP contribution in [0.2, 0.25) is 0 Å². The molecule has 1 fully saturated rings. The second-order valence-electron chi connectivity index (χ2n) is 7.13. The third-order valence-corrected chi connectivity index (χ3v) is 3.82.